The minimum atomic E-state index is -0.295. The largest absolute Gasteiger partial charge is 0.338 e. The quantitative estimate of drug-likeness (QED) is 0.481. The van der Waals surface area contributed by atoms with Gasteiger partial charge in [-0.3, -0.25) is 4.57 Å². The van der Waals surface area contributed by atoms with Crippen molar-refractivity contribution in [1.82, 2.24) is 19.7 Å². The Bertz CT molecular complexity index is 1030. The molecule has 0 saturated carbocycles. The van der Waals surface area contributed by atoms with Crippen LogP contribution >= 0.6 is 11.8 Å². The van der Waals surface area contributed by atoms with Crippen LogP contribution < -0.4 is 0 Å². The lowest BCUT2D eigenvalue weighted by Gasteiger charge is -2.09. The molecule has 7 heteroatoms. The summed E-state index contributed by atoms with van der Waals surface area (Å²) in [5, 5.41) is 4.81. The second-order valence-corrected chi connectivity index (χ2v) is 6.62. The Morgan fingerprint density at radius 2 is 1.92 bits per heavy atom. The van der Waals surface area contributed by atoms with E-state index in [1.165, 1.54) is 29.5 Å². The summed E-state index contributed by atoms with van der Waals surface area (Å²) in [6.45, 7) is 2.07. The summed E-state index contributed by atoms with van der Waals surface area (Å²) in [6, 6.07) is 14.1. The molecule has 0 aliphatic rings. The molecule has 0 aliphatic heterocycles. The lowest BCUT2D eigenvalue weighted by molar-refractivity contribution is 0.391. The van der Waals surface area contributed by atoms with Crippen LogP contribution in [0.2, 0.25) is 0 Å². The van der Waals surface area contributed by atoms with Gasteiger partial charge in [0.05, 0.1) is 11.4 Å². The van der Waals surface area contributed by atoms with Crippen molar-refractivity contribution < 1.29 is 8.91 Å². The van der Waals surface area contributed by atoms with Crippen molar-refractivity contribution in [2.75, 3.05) is 0 Å². The van der Waals surface area contributed by atoms with Crippen molar-refractivity contribution >= 4 is 11.8 Å². The topological polar surface area (TPSA) is 56.7 Å². The first-order valence-corrected chi connectivity index (χ1v) is 9.00. The average molecular weight is 366 g/mol. The molecule has 0 aliphatic carbocycles. The third-order valence-electron chi connectivity index (χ3n) is 3.88. The van der Waals surface area contributed by atoms with Gasteiger partial charge in [-0.2, -0.15) is 4.98 Å². The number of nitrogens with zero attached hydrogens (tertiary/aromatic N) is 4. The highest BCUT2D eigenvalue weighted by atomic mass is 32.2. The highest BCUT2D eigenvalue weighted by Crippen LogP contribution is 2.26. The van der Waals surface area contributed by atoms with E-state index in [1.54, 1.807) is 18.3 Å². The van der Waals surface area contributed by atoms with Crippen LogP contribution in [0.15, 0.2) is 70.6 Å². The molecule has 0 unspecified atom stereocenters. The maximum absolute atomic E-state index is 13.0. The first kappa shape index (κ1) is 16.5. The highest BCUT2D eigenvalue weighted by molar-refractivity contribution is 7.98. The summed E-state index contributed by atoms with van der Waals surface area (Å²) in [4.78, 5) is 8.79. The van der Waals surface area contributed by atoms with Gasteiger partial charge in [0, 0.05) is 18.0 Å². The molecule has 2 aromatic heterocycles. The Morgan fingerprint density at radius 1 is 1.12 bits per heavy atom. The summed E-state index contributed by atoms with van der Waals surface area (Å²) >= 11 is 1.52. The number of hydrogen-bond acceptors (Lipinski definition) is 5. The van der Waals surface area contributed by atoms with Crippen LogP contribution in [0.25, 0.3) is 17.1 Å². The molecule has 0 bridgehead atoms. The van der Waals surface area contributed by atoms with Crippen molar-refractivity contribution in [1.29, 1.82) is 0 Å². The summed E-state index contributed by atoms with van der Waals surface area (Å²) < 4.78 is 20.4. The van der Waals surface area contributed by atoms with Crippen molar-refractivity contribution in [3.05, 3.63) is 78.2 Å². The third-order valence-corrected chi connectivity index (χ3v) is 4.83. The molecule has 26 heavy (non-hydrogen) atoms. The fraction of sp³-hybridized carbons (Fsp3) is 0.105. The predicted molar refractivity (Wildman–Crippen MR) is 97.6 cm³/mol. The molecule has 0 amide bonds. The summed E-state index contributed by atoms with van der Waals surface area (Å²) in [6.07, 6.45) is 3.70. The predicted octanol–water partition coefficient (Wildman–Crippen LogP) is 4.66. The van der Waals surface area contributed by atoms with Gasteiger partial charge in [-0.05, 0) is 42.8 Å². The Kier molecular flexibility index (Phi) is 4.53. The zero-order valence-corrected chi connectivity index (χ0v) is 14.8. The number of rotatable bonds is 5. The van der Waals surface area contributed by atoms with Gasteiger partial charge in [0.15, 0.2) is 5.16 Å². The van der Waals surface area contributed by atoms with E-state index < -0.39 is 0 Å². The number of aromatic nitrogens is 4. The van der Waals surface area contributed by atoms with E-state index in [-0.39, 0.29) is 5.82 Å². The van der Waals surface area contributed by atoms with E-state index in [4.69, 9.17) is 4.52 Å². The Balaban J connectivity index is 1.50. The summed E-state index contributed by atoms with van der Waals surface area (Å²) in [5.74, 6) is 1.14. The first-order chi connectivity index (χ1) is 12.7. The van der Waals surface area contributed by atoms with Crippen LogP contribution in [-0.2, 0) is 5.75 Å². The van der Waals surface area contributed by atoms with E-state index in [0.717, 1.165) is 10.8 Å². The molecule has 2 aromatic carbocycles. The zero-order valence-electron chi connectivity index (χ0n) is 14.0. The monoisotopic (exact) mass is 366 g/mol. The molecule has 0 spiro atoms. The minimum absolute atomic E-state index is 0.295. The standard InChI is InChI=1S/C19H15FN4OS/c1-13-4-2-3-5-16(13)24-11-10-21-19(24)26-12-17-22-18(23-25-17)14-6-8-15(20)9-7-14/h2-11H,12H2,1H3. The molecule has 130 valence electrons. The van der Waals surface area contributed by atoms with Crippen LogP contribution in [0, 0.1) is 12.7 Å². The normalized spacial score (nSPS) is 11.0. The Hall–Kier alpha value is -2.93. The second-order valence-electron chi connectivity index (χ2n) is 5.67. The molecule has 2 heterocycles. The van der Waals surface area contributed by atoms with Crippen LogP contribution in [0.1, 0.15) is 11.5 Å². The number of thioether (sulfide) groups is 1. The molecular weight excluding hydrogens is 351 g/mol. The van der Waals surface area contributed by atoms with Gasteiger partial charge < -0.3 is 4.52 Å². The van der Waals surface area contributed by atoms with Gasteiger partial charge in [-0.1, -0.05) is 35.1 Å². The SMILES string of the molecule is Cc1ccccc1-n1ccnc1SCc1nc(-c2ccc(F)cc2)no1. The van der Waals surface area contributed by atoms with E-state index in [2.05, 4.69) is 34.2 Å². The van der Waals surface area contributed by atoms with Gasteiger partial charge in [0.25, 0.3) is 0 Å². The minimum Gasteiger partial charge on any atom is -0.338 e. The second kappa shape index (κ2) is 7.13. The van der Waals surface area contributed by atoms with Crippen molar-refractivity contribution in [2.24, 2.45) is 0 Å². The number of aryl methyl sites for hydroxylation is 1. The van der Waals surface area contributed by atoms with E-state index in [0.29, 0.717) is 23.0 Å². The van der Waals surface area contributed by atoms with E-state index >= 15 is 0 Å². The lowest BCUT2D eigenvalue weighted by atomic mass is 10.2. The smallest absolute Gasteiger partial charge is 0.237 e. The van der Waals surface area contributed by atoms with Crippen LogP contribution in [-0.4, -0.2) is 19.7 Å². The first-order valence-electron chi connectivity index (χ1n) is 8.01. The van der Waals surface area contributed by atoms with Crippen LogP contribution in [0.5, 0.6) is 0 Å². The maximum atomic E-state index is 13.0. The number of imidazole rings is 1. The molecule has 4 aromatic rings. The average Bonchev–Trinajstić information content (AvgIpc) is 3.30. The molecule has 0 fully saturated rings. The lowest BCUT2D eigenvalue weighted by Crippen LogP contribution is -1.97. The van der Waals surface area contributed by atoms with Crippen molar-refractivity contribution in [3.8, 4) is 17.1 Å². The summed E-state index contributed by atoms with van der Waals surface area (Å²) in [7, 11) is 0. The van der Waals surface area contributed by atoms with Crippen LogP contribution in [0.3, 0.4) is 0 Å². The number of benzene rings is 2. The molecule has 4 rings (SSSR count). The van der Waals surface area contributed by atoms with Gasteiger partial charge in [0.1, 0.15) is 5.82 Å². The molecule has 5 nitrogen and oxygen atoms in total. The molecule has 0 N–H and O–H groups in total. The van der Waals surface area contributed by atoms with Crippen molar-refractivity contribution in [3.63, 3.8) is 0 Å². The Morgan fingerprint density at radius 3 is 2.73 bits per heavy atom. The Labute approximate surface area is 153 Å². The van der Waals surface area contributed by atoms with Gasteiger partial charge in [-0.25, -0.2) is 9.37 Å². The van der Waals surface area contributed by atoms with Gasteiger partial charge in [-0.15, -0.1) is 0 Å². The molecule has 0 atom stereocenters. The number of halogens is 1. The summed E-state index contributed by atoms with van der Waals surface area (Å²) in [5.41, 5.74) is 2.97. The number of para-hydroxylation sites is 1. The number of hydrogen-bond donors (Lipinski definition) is 0. The van der Waals surface area contributed by atoms with E-state index in [9.17, 15) is 4.39 Å². The van der Waals surface area contributed by atoms with Gasteiger partial charge >= 0.3 is 0 Å². The molecular formula is C19H15FN4OS. The molecule has 0 radical (unpaired) electrons. The molecule has 0 saturated heterocycles. The fourth-order valence-corrected chi connectivity index (χ4v) is 3.37. The zero-order chi connectivity index (χ0) is 17.9. The van der Waals surface area contributed by atoms with Gasteiger partial charge in [0.2, 0.25) is 11.7 Å². The third kappa shape index (κ3) is 3.39. The fourth-order valence-electron chi connectivity index (χ4n) is 2.57. The highest BCUT2D eigenvalue weighted by Gasteiger charge is 2.12. The van der Waals surface area contributed by atoms with E-state index in [1.807, 2.05) is 22.9 Å². The maximum Gasteiger partial charge on any atom is 0.237 e. The van der Waals surface area contributed by atoms with Crippen LogP contribution in [0.4, 0.5) is 4.39 Å². The van der Waals surface area contributed by atoms with Crippen molar-refractivity contribution in [2.45, 2.75) is 17.8 Å².